The summed E-state index contributed by atoms with van der Waals surface area (Å²) in [4.78, 5) is 22.0. The average molecular weight is 265 g/mol. The summed E-state index contributed by atoms with van der Waals surface area (Å²) in [6.45, 7) is 0. The van der Waals surface area contributed by atoms with E-state index >= 15 is 0 Å². The number of nitro groups is 1. The van der Waals surface area contributed by atoms with Gasteiger partial charge in [0.2, 0.25) is 10.3 Å². The van der Waals surface area contributed by atoms with E-state index in [2.05, 4.69) is 15.5 Å². The molecule has 92 valence electrons. The zero-order valence-corrected chi connectivity index (χ0v) is 9.68. The van der Waals surface area contributed by atoms with E-state index in [0.717, 1.165) is 11.3 Å². The molecular weight excluding hydrogens is 258 g/mol. The van der Waals surface area contributed by atoms with Crippen molar-refractivity contribution >= 4 is 33.2 Å². The highest BCUT2D eigenvalue weighted by molar-refractivity contribution is 7.19. The fourth-order valence-electron chi connectivity index (χ4n) is 1.27. The molecule has 2 aromatic rings. The molecule has 1 aromatic carbocycles. The van der Waals surface area contributed by atoms with Gasteiger partial charge in [-0.15, -0.1) is 10.2 Å². The third kappa shape index (κ3) is 2.40. The summed E-state index contributed by atoms with van der Waals surface area (Å²) in [7, 11) is 0. The number of rotatable bonds is 3. The summed E-state index contributed by atoms with van der Waals surface area (Å²) in [5, 5.41) is 20.7. The highest BCUT2D eigenvalue weighted by Gasteiger charge is 2.20. The molecule has 0 spiro atoms. The molecule has 0 atom stereocenters. The molecule has 1 heterocycles. The van der Waals surface area contributed by atoms with Gasteiger partial charge in [-0.25, -0.2) is 0 Å². The van der Waals surface area contributed by atoms with Crippen molar-refractivity contribution in [2.45, 2.75) is 0 Å². The van der Waals surface area contributed by atoms with Crippen LogP contribution in [-0.4, -0.2) is 21.0 Å². The Morgan fingerprint density at radius 3 is 2.72 bits per heavy atom. The van der Waals surface area contributed by atoms with Gasteiger partial charge in [-0.3, -0.25) is 20.2 Å². The number of hydrogen-bond donors (Lipinski definition) is 2. The first-order valence-electron chi connectivity index (χ1n) is 4.71. The quantitative estimate of drug-likeness (QED) is 0.636. The number of carbonyl (C=O) groups excluding carboxylic acids is 1. The second-order valence-electron chi connectivity index (χ2n) is 3.17. The second-order valence-corrected chi connectivity index (χ2v) is 4.18. The summed E-state index contributed by atoms with van der Waals surface area (Å²) in [5.41, 5.74) is 5.04. The summed E-state index contributed by atoms with van der Waals surface area (Å²) in [6.07, 6.45) is 0. The SMILES string of the molecule is Nc1nnc(NC(=O)c2ccccc2[N+](=O)[O-])s1. The number of anilines is 2. The van der Waals surface area contributed by atoms with Crippen LogP contribution in [-0.2, 0) is 0 Å². The fraction of sp³-hybridized carbons (Fsp3) is 0. The highest BCUT2D eigenvalue weighted by Crippen LogP contribution is 2.21. The van der Waals surface area contributed by atoms with Gasteiger partial charge >= 0.3 is 0 Å². The minimum absolute atomic E-state index is 0.0451. The van der Waals surface area contributed by atoms with Gasteiger partial charge in [0, 0.05) is 6.07 Å². The first kappa shape index (κ1) is 11.9. The van der Waals surface area contributed by atoms with Crippen molar-refractivity contribution in [2.75, 3.05) is 11.1 Å². The number of hydrogen-bond acceptors (Lipinski definition) is 7. The van der Waals surface area contributed by atoms with Gasteiger partial charge < -0.3 is 5.73 Å². The van der Waals surface area contributed by atoms with Crippen LogP contribution in [0.5, 0.6) is 0 Å². The molecule has 0 aliphatic carbocycles. The lowest BCUT2D eigenvalue weighted by atomic mass is 10.1. The van der Waals surface area contributed by atoms with E-state index in [4.69, 9.17) is 5.73 Å². The Bertz CT molecular complexity index is 612. The van der Waals surface area contributed by atoms with Gasteiger partial charge in [0.05, 0.1) is 4.92 Å². The lowest BCUT2D eigenvalue weighted by molar-refractivity contribution is -0.385. The molecule has 0 radical (unpaired) electrons. The molecular formula is C9H7N5O3S. The average Bonchev–Trinajstić information content (AvgIpc) is 2.74. The number of amides is 1. The lowest BCUT2D eigenvalue weighted by Crippen LogP contribution is -2.13. The molecule has 0 aliphatic rings. The van der Waals surface area contributed by atoms with Gasteiger partial charge in [0.1, 0.15) is 5.56 Å². The van der Waals surface area contributed by atoms with E-state index in [9.17, 15) is 14.9 Å². The van der Waals surface area contributed by atoms with Crippen LogP contribution in [0.15, 0.2) is 24.3 Å². The molecule has 8 nitrogen and oxygen atoms in total. The van der Waals surface area contributed by atoms with Crippen LogP contribution in [0, 0.1) is 10.1 Å². The minimum atomic E-state index is -0.626. The molecule has 0 fully saturated rings. The van der Waals surface area contributed by atoms with Gasteiger partial charge in [0.15, 0.2) is 0 Å². The number of nitrogens with one attached hydrogen (secondary N) is 1. The van der Waals surface area contributed by atoms with Crippen LogP contribution in [0.3, 0.4) is 0 Å². The number of nitrogen functional groups attached to an aromatic ring is 1. The normalized spacial score (nSPS) is 10.0. The van der Waals surface area contributed by atoms with Crippen LogP contribution in [0.25, 0.3) is 0 Å². The monoisotopic (exact) mass is 265 g/mol. The summed E-state index contributed by atoms with van der Waals surface area (Å²) >= 11 is 0.979. The van der Waals surface area contributed by atoms with Crippen molar-refractivity contribution in [2.24, 2.45) is 0 Å². The van der Waals surface area contributed by atoms with Crippen molar-refractivity contribution < 1.29 is 9.72 Å². The third-order valence-electron chi connectivity index (χ3n) is 2.01. The summed E-state index contributed by atoms with van der Waals surface area (Å²) in [5.74, 6) is -0.626. The second kappa shape index (κ2) is 4.75. The molecule has 0 bridgehead atoms. The maximum Gasteiger partial charge on any atom is 0.282 e. The maximum atomic E-state index is 11.8. The molecule has 0 saturated heterocycles. The first-order valence-corrected chi connectivity index (χ1v) is 5.53. The van der Waals surface area contributed by atoms with Crippen molar-refractivity contribution in [1.82, 2.24) is 10.2 Å². The van der Waals surface area contributed by atoms with E-state index in [1.807, 2.05) is 0 Å². The molecule has 18 heavy (non-hydrogen) atoms. The van der Waals surface area contributed by atoms with Crippen LogP contribution >= 0.6 is 11.3 Å². The predicted molar refractivity (Wildman–Crippen MR) is 65.4 cm³/mol. The Labute approximate surface area is 105 Å². The lowest BCUT2D eigenvalue weighted by Gasteiger charge is -2.01. The van der Waals surface area contributed by atoms with Crippen LogP contribution < -0.4 is 11.1 Å². The number of aromatic nitrogens is 2. The Morgan fingerprint density at radius 1 is 1.39 bits per heavy atom. The van der Waals surface area contributed by atoms with Crippen molar-refractivity contribution in [3.05, 3.63) is 39.9 Å². The summed E-state index contributed by atoms with van der Waals surface area (Å²) < 4.78 is 0. The van der Waals surface area contributed by atoms with Gasteiger partial charge in [-0.2, -0.15) is 0 Å². The van der Waals surface area contributed by atoms with E-state index in [0.29, 0.717) is 0 Å². The van der Waals surface area contributed by atoms with Crippen LogP contribution in [0.2, 0.25) is 0 Å². The number of benzene rings is 1. The molecule has 0 unspecified atom stereocenters. The smallest absolute Gasteiger partial charge is 0.282 e. The molecule has 0 aliphatic heterocycles. The topological polar surface area (TPSA) is 124 Å². The van der Waals surface area contributed by atoms with E-state index < -0.39 is 10.8 Å². The minimum Gasteiger partial charge on any atom is -0.374 e. The maximum absolute atomic E-state index is 11.8. The molecule has 0 saturated carbocycles. The molecule has 9 heteroatoms. The van der Waals surface area contributed by atoms with Crippen LogP contribution in [0.4, 0.5) is 16.0 Å². The third-order valence-corrected chi connectivity index (χ3v) is 2.67. The number of para-hydroxylation sites is 1. The van der Waals surface area contributed by atoms with Crippen molar-refractivity contribution in [3.8, 4) is 0 Å². The molecule has 3 N–H and O–H groups in total. The number of nitro benzene ring substituents is 1. The zero-order chi connectivity index (χ0) is 13.1. The van der Waals surface area contributed by atoms with Gasteiger partial charge in [0.25, 0.3) is 11.6 Å². The Morgan fingerprint density at radius 2 is 2.11 bits per heavy atom. The van der Waals surface area contributed by atoms with Crippen molar-refractivity contribution in [3.63, 3.8) is 0 Å². The van der Waals surface area contributed by atoms with E-state index in [-0.39, 0.29) is 21.5 Å². The zero-order valence-electron chi connectivity index (χ0n) is 8.86. The number of carbonyl (C=O) groups is 1. The van der Waals surface area contributed by atoms with E-state index in [1.165, 1.54) is 24.3 Å². The van der Waals surface area contributed by atoms with Gasteiger partial charge in [-0.1, -0.05) is 23.5 Å². The highest BCUT2D eigenvalue weighted by atomic mass is 32.1. The predicted octanol–water partition coefficient (Wildman–Crippen LogP) is 1.28. The largest absolute Gasteiger partial charge is 0.374 e. The molecule has 2 rings (SSSR count). The Kier molecular flexibility index (Phi) is 3.15. The number of nitrogens with zero attached hydrogens (tertiary/aromatic N) is 3. The Balaban J connectivity index is 2.26. The number of nitrogens with two attached hydrogens (primary N) is 1. The molecule has 1 aromatic heterocycles. The Hall–Kier alpha value is -2.55. The summed E-state index contributed by atoms with van der Waals surface area (Å²) in [6, 6.07) is 5.63. The fourth-order valence-corrected chi connectivity index (χ4v) is 1.78. The first-order chi connectivity index (χ1) is 8.58. The standard InChI is InChI=1S/C9H7N5O3S/c10-8-12-13-9(18-8)11-7(15)5-3-1-2-4-6(5)14(16)17/h1-4H,(H2,10,12)(H,11,13,15). The van der Waals surface area contributed by atoms with Crippen LogP contribution in [0.1, 0.15) is 10.4 Å². The van der Waals surface area contributed by atoms with Gasteiger partial charge in [-0.05, 0) is 6.07 Å². The van der Waals surface area contributed by atoms with E-state index in [1.54, 1.807) is 0 Å². The van der Waals surface area contributed by atoms with Crippen molar-refractivity contribution in [1.29, 1.82) is 0 Å². The molecule has 1 amide bonds.